The van der Waals surface area contributed by atoms with Gasteiger partial charge in [0.15, 0.2) is 5.82 Å². The fraction of sp³-hybridized carbons (Fsp3) is 0.429. The van der Waals surface area contributed by atoms with Crippen molar-refractivity contribution in [2.24, 2.45) is 0 Å². The summed E-state index contributed by atoms with van der Waals surface area (Å²) in [6.07, 6.45) is 0. The summed E-state index contributed by atoms with van der Waals surface area (Å²) in [5, 5.41) is 7.58. The fourth-order valence-electron chi connectivity index (χ4n) is 2.29. The first-order valence-corrected chi connectivity index (χ1v) is 8.95. The second-order valence-electron chi connectivity index (χ2n) is 5.78. The van der Waals surface area contributed by atoms with Crippen LogP contribution < -0.4 is 0 Å². The molecule has 7 heteroatoms. The lowest BCUT2D eigenvalue weighted by Gasteiger charge is -2.22. The highest BCUT2D eigenvalue weighted by Gasteiger charge is 2.26. The third-order valence-corrected chi connectivity index (χ3v) is 4.38. The van der Waals surface area contributed by atoms with E-state index < -0.39 is 9.05 Å². The number of aromatic nitrogens is 3. The van der Waals surface area contributed by atoms with Crippen LogP contribution in [0.5, 0.6) is 0 Å². The van der Waals surface area contributed by atoms with Crippen molar-refractivity contribution in [2.75, 3.05) is 0 Å². The van der Waals surface area contributed by atoms with E-state index in [0.29, 0.717) is 12.4 Å². The van der Waals surface area contributed by atoms with E-state index in [1.807, 2.05) is 31.2 Å². The Labute approximate surface area is 129 Å². The smallest absolute Gasteiger partial charge is 0.296 e. The summed E-state index contributed by atoms with van der Waals surface area (Å²) in [6, 6.07) is 7.78. The predicted octanol–water partition coefficient (Wildman–Crippen LogP) is 3.19. The number of halogens is 1. The van der Waals surface area contributed by atoms with Crippen molar-refractivity contribution < 1.29 is 8.42 Å². The molecular formula is C14H18ClN3O2S. The van der Waals surface area contributed by atoms with Crippen LogP contribution >= 0.6 is 10.7 Å². The van der Waals surface area contributed by atoms with Crippen LogP contribution in [-0.2, 0) is 21.0 Å². The zero-order valence-corrected chi connectivity index (χ0v) is 14.0. The van der Waals surface area contributed by atoms with E-state index >= 15 is 0 Å². The van der Waals surface area contributed by atoms with Gasteiger partial charge in [-0.15, -0.1) is 10.2 Å². The summed E-state index contributed by atoms with van der Waals surface area (Å²) in [6.45, 7) is 8.54. The molecule has 0 atom stereocenters. The highest BCUT2D eigenvalue weighted by atomic mass is 35.7. The van der Waals surface area contributed by atoms with E-state index in [-0.39, 0.29) is 10.6 Å². The topological polar surface area (TPSA) is 64.8 Å². The average molecular weight is 328 g/mol. The summed E-state index contributed by atoms with van der Waals surface area (Å²) in [5.41, 5.74) is 1.85. The van der Waals surface area contributed by atoms with Gasteiger partial charge < -0.3 is 0 Å². The van der Waals surface area contributed by atoms with Gasteiger partial charge in [0.25, 0.3) is 14.2 Å². The zero-order valence-electron chi connectivity index (χ0n) is 12.5. The Morgan fingerprint density at radius 2 is 1.81 bits per heavy atom. The number of hydrogen-bond acceptors (Lipinski definition) is 4. The van der Waals surface area contributed by atoms with Crippen molar-refractivity contribution in [3.8, 4) is 11.4 Å². The Hall–Kier alpha value is -1.40. The number of nitrogens with zero attached hydrogens (tertiary/aromatic N) is 3. The molecule has 2 aromatic rings. The molecule has 0 aliphatic rings. The van der Waals surface area contributed by atoms with Gasteiger partial charge in [-0.3, -0.25) is 4.57 Å². The molecule has 0 radical (unpaired) electrons. The maximum Gasteiger partial charge on any atom is 0.296 e. The van der Waals surface area contributed by atoms with Crippen LogP contribution in [0, 0.1) is 0 Å². The minimum Gasteiger partial charge on any atom is -0.297 e. The first-order chi connectivity index (χ1) is 9.66. The molecule has 1 aromatic heterocycles. The lowest BCUT2D eigenvalue weighted by atomic mass is 9.83. The molecule has 21 heavy (non-hydrogen) atoms. The Bertz CT molecular complexity index is 761. The lowest BCUT2D eigenvalue weighted by Crippen LogP contribution is -2.14. The molecule has 114 valence electrons. The summed E-state index contributed by atoms with van der Waals surface area (Å²) in [4.78, 5) is 0. The van der Waals surface area contributed by atoms with E-state index in [1.54, 1.807) is 0 Å². The van der Waals surface area contributed by atoms with Gasteiger partial charge in [-0.1, -0.05) is 45.0 Å². The van der Waals surface area contributed by atoms with Crippen molar-refractivity contribution in [1.29, 1.82) is 0 Å². The molecule has 0 aliphatic heterocycles. The van der Waals surface area contributed by atoms with Crippen molar-refractivity contribution in [1.82, 2.24) is 14.8 Å². The number of benzene rings is 1. The van der Waals surface area contributed by atoms with Gasteiger partial charge in [0.2, 0.25) is 0 Å². The van der Waals surface area contributed by atoms with E-state index in [1.165, 1.54) is 4.57 Å². The maximum absolute atomic E-state index is 11.6. The second kappa shape index (κ2) is 5.42. The Morgan fingerprint density at radius 1 is 1.19 bits per heavy atom. The maximum atomic E-state index is 11.6. The lowest BCUT2D eigenvalue weighted by molar-refractivity contribution is 0.580. The van der Waals surface area contributed by atoms with Crippen molar-refractivity contribution in [3.63, 3.8) is 0 Å². The van der Waals surface area contributed by atoms with Gasteiger partial charge in [-0.05, 0) is 17.9 Å². The van der Waals surface area contributed by atoms with Crippen LogP contribution in [0.3, 0.4) is 0 Å². The number of hydrogen-bond donors (Lipinski definition) is 0. The molecule has 0 spiro atoms. The second-order valence-corrected chi connectivity index (χ2v) is 8.24. The molecule has 0 saturated carbocycles. The first kappa shape index (κ1) is 16.0. The fourth-order valence-corrected chi connectivity index (χ4v) is 3.25. The van der Waals surface area contributed by atoms with E-state index in [0.717, 1.165) is 11.1 Å². The third-order valence-electron chi connectivity index (χ3n) is 3.23. The van der Waals surface area contributed by atoms with Crippen LogP contribution in [-0.4, -0.2) is 23.2 Å². The highest BCUT2D eigenvalue weighted by Crippen LogP contribution is 2.33. The minimum atomic E-state index is -3.92. The van der Waals surface area contributed by atoms with Gasteiger partial charge >= 0.3 is 0 Å². The average Bonchev–Trinajstić information content (AvgIpc) is 2.81. The quantitative estimate of drug-likeness (QED) is 0.812. The van der Waals surface area contributed by atoms with Crippen molar-refractivity contribution >= 4 is 19.7 Å². The minimum absolute atomic E-state index is 0.0961. The molecule has 0 saturated heterocycles. The summed E-state index contributed by atoms with van der Waals surface area (Å²) >= 11 is 0. The van der Waals surface area contributed by atoms with Gasteiger partial charge in [0.05, 0.1) is 0 Å². The molecular weight excluding hydrogens is 310 g/mol. The Morgan fingerprint density at radius 3 is 2.33 bits per heavy atom. The van der Waals surface area contributed by atoms with Crippen molar-refractivity contribution in [2.45, 2.75) is 44.8 Å². The number of rotatable bonds is 3. The van der Waals surface area contributed by atoms with Gasteiger partial charge in [-0.2, -0.15) is 0 Å². The highest BCUT2D eigenvalue weighted by molar-refractivity contribution is 8.13. The van der Waals surface area contributed by atoms with Crippen LogP contribution in [0.1, 0.15) is 33.3 Å². The van der Waals surface area contributed by atoms with Gasteiger partial charge in [-0.25, -0.2) is 8.42 Å². The Balaban J connectivity index is 2.73. The monoisotopic (exact) mass is 327 g/mol. The Kier molecular flexibility index (Phi) is 4.13. The van der Waals surface area contributed by atoms with Gasteiger partial charge in [0, 0.05) is 22.8 Å². The van der Waals surface area contributed by atoms with E-state index in [2.05, 4.69) is 31.0 Å². The molecule has 1 aromatic carbocycles. The molecule has 0 fully saturated rings. The van der Waals surface area contributed by atoms with Crippen molar-refractivity contribution in [3.05, 3.63) is 29.8 Å². The summed E-state index contributed by atoms with van der Waals surface area (Å²) < 4.78 is 24.7. The largest absolute Gasteiger partial charge is 0.297 e. The molecule has 0 aliphatic carbocycles. The van der Waals surface area contributed by atoms with Crippen LogP contribution in [0.4, 0.5) is 0 Å². The first-order valence-electron chi connectivity index (χ1n) is 6.64. The van der Waals surface area contributed by atoms with E-state index in [9.17, 15) is 8.42 Å². The zero-order chi connectivity index (χ0) is 15.8. The molecule has 0 amide bonds. The molecule has 0 bridgehead atoms. The summed E-state index contributed by atoms with van der Waals surface area (Å²) in [7, 11) is 1.50. The molecule has 1 heterocycles. The molecule has 0 unspecified atom stereocenters. The molecule has 0 N–H and O–H groups in total. The van der Waals surface area contributed by atoms with Gasteiger partial charge in [0.1, 0.15) is 0 Å². The predicted molar refractivity (Wildman–Crippen MR) is 82.9 cm³/mol. The van der Waals surface area contributed by atoms with Crippen LogP contribution in [0.25, 0.3) is 11.4 Å². The molecule has 5 nitrogen and oxygen atoms in total. The summed E-state index contributed by atoms with van der Waals surface area (Å²) in [5.74, 6) is 0.516. The SMILES string of the molecule is CCn1c(-c2ccccc2C(C)(C)C)nnc1S(=O)(=O)Cl. The normalized spacial score (nSPS) is 12.6. The van der Waals surface area contributed by atoms with Crippen LogP contribution in [0.15, 0.2) is 29.4 Å². The molecule has 2 rings (SSSR count). The third kappa shape index (κ3) is 3.11. The standard InChI is InChI=1S/C14H18ClN3O2S/c1-5-18-12(16-17-13(18)21(15,19)20)10-8-6-7-9-11(10)14(2,3)4/h6-9H,5H2,1-4H3. The van der Waals surface area contributed by atoms with Crippen LogP contribution in [0.2, 0.25) is 0 Å². The van der Waals surface area contributed by atoms with E-state index in [4.69, 9.17) is 10.7 Å².